The predicted molar refractivity (Wildman–Crippen MR) is 82.8 cm³/mol. The average Bonchev–Trinajstić information content (AvgIpc) is 2.40. The molecule has 0 saturated heterocycles. The smallest absolute Gasteiger partial charge is 0.324 e. The minimum absolute atomic E-state index is 0.306. The molecule has 0 heterocycles. The van der Waals surface area contributed by atoms with E-state index >= 15 is 0 Å². The van der Waals surface area contributed by atoms with Crippen LogP contribution in [0.15, 0.2) is 0 Å². The lowest BCUT2D eigenvalue weighted by Crippen LogP contribution is -1.91. The fraction of sp³-hybridized carbons (Fsp3) is 1.00. The molecular weight excluding hydrogens is 259 g/mol. The van der Waals surface area contributed by atoms with E-state index in [0.717, 1.165) is 12.8 Å². The third kappa shape index (κ3) is 14.4. The van der Waals surface area contributed by atoms with Gasteiger partial charge in [0.1, 0.15) is 0 Å². The van der Waals surface area contributed by atoms with Crippen molar-refractivity contribution in [2.45, 2.75) is 84.0 Å². The van der Waals surface area contributed by atoms with E-state index in [1.807, 2.05) is 0 Å². The second kappa shape index (κ2) is 13.1. The Morgan fingerprint density at radius 2 is 1.16 bits per heavy atom. The molecule has 0 rings (SSSR count). The van der Waals surface area contributed by atoms with Gasteiger partial charge in [0.05, 0.1) is 0 Å². The number of rotatable bonds is 14. The Bertz CT molecular complexity index is 231. The van der Waals surface area contributed by atoms with Crippen molar-refractivity contribution in [3.05, 3.63) is 0 Å². The summed E-state index contributed by atoms with van der Waals surface area (Å²) in [4.78, 5) is 9.22. The molecule has 0 aromatic carbocycles. The summed E-state index contributed by atoms with van der Waals surface area (Å²) in [6.45, 7) is 2.25. The van der Waals surface area contributed by atoms with E-state index < -0.39 is 7.60 Å². The zero-order chi connectivity index (χ0) is 14.4. The van der Waals surface area contributed by atoms with Crippen molar-refractivity contribution in [1.82, 2.24) is 0 Å². The molecule has 1 N–H and O–H groups in total. The molecule has 19 heavy (non-hydrogen) atoms. The highest BCUT2D eigenvalue weighted by atomic mass is 31.2. The van der Waals surface area contributed by atoms with Gasteiger partial charge < -0.3 is 9.42 Å². The molecule has 0 fully saturated rings. The molecule has 0 aliphatic carbocycles. The second-order valence-electron chi connectivity index (χ2n) is 5.43. The first-order valence-electron chi connectivity index (χ1n) is 8.00. The third-order valence-corrected chi connectivity index (χ3v) is 5.03. The molecule has 0 aromatic heterocycles. The summed E-state index contributed by atoms with van der Waals surface area (Å²) < 4.78 is 15.7. The molecule has 0 spiro atoms. The lowest BCUT2D eigenvalue weighted by molar-refractivity contribution is 0.314. The van der Waals surface area contributed by atoms with Crippen LogP contribution < -0.4 is 0 Å². The van der Waals surface area contributed by atoms with Crippen molar-refractivity contribution >= 4 is 7.60 Å². The molecule has 3 nitrogen and oxygen atoms in total. The highest BCUT2D eigenvalue weighted by Crippen LogP contribution is 2.41. The quantitative estimate of drug-likeness (QED) is 0.339. The van der Waals surface area contributed by atoms with Gasteiger partial charge in [-0.05, 0) is 6.42 Å². The van der Waals surface area contributed by atoms with E-state index in [4.69, 9.17) is 0 Å². The van der Waals surface area contributed by atoms with Crippen LogP contribution in [0.25, 0.3) is 0 Å². The zero-order valence-electron chi connectivity index (χ0n) is 12.9. The molecule has 0 aliphatic rings. The van der Waals surface area contributed by atoms with Gasteiger partial charge in [-0.1, -0.05) is 77.6 Å². The predicted octanol–water partition coefficient (Wildman–Crippen LogP) is 5.52. The van der Waals surface area contributed by atoms with Gasteiger partial charge >= 0.3 is 7.60 Å². The monoisotopic (exact) mass is 292 g/mol. The maximum Gasteiger partial charge on any atom is 0.327 e. The SMILES string of the molecule is CCCCCCCCCCCCCCP(=O)(O)OC. The summed E-state index contributed by atoms with van der Waals surface area (Å²) in [6.07, 6.45) is 15.5. The van der Waals surface area contributed by atoms with Gasteiger partial charge in [0.15, 0.2) is 0 Å². The molecule has 0 amide bonds. The molecule has 0 radical (unpaired) electrons. The Kier molecular flexibility index (Phi) is 13.3. The van der Waals surface area contributed by atoms with Crippen LogP contribution >= 0.6 is 7.60 Å². The topological polar surface area (TPSA) is 46.5 Å². The van der Waals surface area contributed by atoms with Crippen LogP contribution in [0.5, 0.6) is 0 Å². The Hall–Kier alpha value is 0.150. The van der Waals surface area contributed by atoms with Crippen molar-refractivity contribution in [3.8, 4) is 0 Å². The zero-order valence-corrected chi connectivity index (χ0v) is 13.8. The van der Waals surface area contributed by atoms with E-state index in [0.29, 0.717) is 6.16 Å². The van der Waals surface area contributed by atoms with E-state index in [9.17, 15) is 9.46 Å². The molecule has 116 valence electrons. The van der Waals surface area contributed by atoms with Crippen LogP contribution in [-0.2, 0) is 9.09 Å². The molecule has 0 saturated carbocycles. The minimum Gasteiger partial charge on any atom is -0.324 e. The summed E-state index contributed by atoms with van der Waals surface area (Å²) in [5.41, 5.74) is 0. The van der Waals surface area contributed by atoms with Gasteiger partial charge in [0, 0.05) is 13.3 Å². The lowest BCUT2D eigenvalue weighted by atomic mass is 10.1. The molecular formula is C15H33O3P. The standard InChI is InChI=1S/C15H33O3P/c1-3-4-5-6-7-8-9-10-11-12-13-14-15-19(16,17)18-2/h3-15H2,1-2H3,(H,16,17). The van der Waals surface area contributed by atoms with Gasteiger partial charge in [-0.3, -0.25) is 4.57 Å². The van der Waals surface area contributed by atoms with Gasteiger partial charge in [0.25, 0.3) is 0 Å². The molecule has 4 heteroatoms. The first-order chi connectivity index (χ1) is 9.12. The fourth-order valence-corrected chi connectivity index (χ4v) is 3.05. The highest BCUT2D eigenvalue weighted by molar-refractivity contribution is 7.52. The van der Waals surface area contributed by atoms with Gasteiger partial charge in [-0.2, -0.15) is 0 Å². The van der Waals surface area contributed by atoms with Gasteiger partial charge in [0.2, 0.25) is 0 Å². The minimum atomic E-state index is -3.25. The number of hydrogen-bond acceptors (Lipinski definition) is 2. The van der Waals surface area contributed by atoms with Crippen LogP contribution in [0.4, 0.5) is 0 Å². The maximum atomic E-state index is 11.2. The average molecular weight is 292 g/mol. The van der Waals surface area contributed by atoms with E-state index in [1.54, 1.807) is 0 Å². The molecule has 0 aliphatic heterocycles. The van der Waals surface area contributed by atoms with Crippen molar-refractivity contribution in [2.24, 2.45) is 0 Å². The van der Waals surface area contributed by atoms with Crippen LogP contribution in [0.1, 0.15) is 84.0 Å². The number of hydrogen-bond donors (Lipinski definition) is 1. The van der Waals surface area contributed by atoms with Gasteiger partial charge in [-0.15, -0.1) is 0 Å². The summed E-state index contributed by atoms with van der Waals surface area (Å²) >= 11 is 0. The van der Waals surface area contributed by atoms with Crippen LogP contribution in [0.3, 0.4) is 0 Å². The summed E-state index contributed by atoms with van der Waals surface area (Å²) in [7, 11) is -1.95. The van der Waals surface area contributed by atoms with Crippen LogP contribution in [0.2, 0.25) is 0 Å². The summed E-state index contributed by atoms with van der Waals surface area (Å²) in [6, 6.07) is 0. The van der Waals surface area contributed by atoms with Crippen molar-refractivity contribution in [1.29, 1.82) is 0 Å². The third-order valence-electron chi connectivity index (χ3n) is 3.58. The van der Waals surface area contributed by atoms with E-state index in [-0.39, 0.29) is 0 Å². The lowest BCUT2D eigenvalue weighted by Gasteiger charge is -2.07. The fourth-order valence-electron chi connectivity index (χ4n) is 2.24. The largest absolute Gasteiger partial charge is 0.327 e. The number of unbranched alkanes of at least 4 members (excludes halogenated alkanes) is 11. The van der Waals surface area contributed by atoms with Crippen LogP contribution in [-0.4, -0.2) is 18.2 Å². The Labute approximate surface area is 119 Å². The molecule has 1 unspecified atom stereocenters. The maximum absolute atomic E-state index is 11.2. The molecule has 1 atom stereocenters. The van der Waals surface area contributed by atoms with E-state index in [1.165, 1.54) is 71.3 Å². The van der Waals surface area contributed by atoms with Gasteiger partial charge in [-0.25, -0.2) is 0 Å². The molecule has 0 bridgehead atoms. The van der Waals surface area contributed by atoms with E-state index in [2.05, 4.69) is 11.4 Å². The Morgan fingerprint density at radius 1 is 0.789 bits per heavy atom. The normalized spacial score (nSPS) is 14.5. The first kappa shape index (κ1) is 19.1. The van der Waals surface area contributed by atoms with Crippen molar-refractivity contribution in [3.63, 3.8) is 0 Å². The molecule has 0 aromatic rings. The first-order valence-corrected chi connectivity index (χ1v) is 9.76. The highest BCUT2D eigenvalue weighted by Gasteiger charge is 2.15. The summed E-state index contributed by atoms with van der Waals surface area (Å²) in [5, 5.41) is 0. The van der Waals surface area contributed by atoms with Crippen molar-refractivity contribution in [2.75, 3.05) is 13.3 Å². The van der Waals surface area contributed by atoms with Crippen LogP contribution in [0, 0.1) is 0 Å². The Morgan fingerprint density at radius 3 is 1.53 bits per heavy atom. The second-order valence-corrected chi connectivity index (χ2v) is 7.52. The van der Waals surface area contributed by atoms with Crippen molar-refractivity contribution < 1.29 is 14.0 Å². The summed E-state index contributed by atoms with van der Waals surface area (Å²) in [5.74, 6) is 0. The Balaban J connectivity index is 3.09.